The molecule has 4 N–H and O–H groups in total. The van der Waals surface area contributed by atoms with Crippen LogP contribution in [0.5, 0.6) is 23.0 Å². The molecular formula is C15H12O5. The molecule has 2 aromatic rings. The molecule has 0 radical (unpaired) electrons. The standard InChI is InChI=1S/C15H12O5/c16-8-11(9-2-4-13(18)15(20)6-9)5-10-1-3-12(17)7-14(10)19/h1-4,6-7,17-20H,5H2. The molecule has 20 heavy (non-hydrogen) atoms. The molecule has 0 saturated heterocycles. The molecule has 2 rings (SSSR count). The SMILES string of the molecule is O=C=C(Cc1ccc(O)cc1O)c1ccc(O)c(O)c1. The quantitative estimate of drug-likeness (QED) is 0.506. The Morgan fingerprint density at radius 1 is 0.900 bits per heavy atom. The molecule has 0 bridgehead atoms. The van der Waals surface area contributed by atoms with Crippen molar-refractivity contribution >= 4 is 11.5 Å². The summed E-state index contributed by atoms with van der Waals surface area (Å²) in [6, 6.07) is 8.03. The molecule has 0 fully saturated rings. The summed E-state index contributed by atoms with van der Waals surface area (Å²) in [4.78, 5) is 11.0. The van der Waals surface area contributed by atoms with Crippen LogP contribution >= 0.6 is 0 Å². The third-order valence-corrected chi connectivity index (χ3v) is 2.88. The Hall–Kier alpha value is -2.91. The molecule has 2 aromatic carbocycles. The lowest BCUT2D eigenvalue weighted by Gasteiger charge is -2.07. The third-order valence-electron chi connectivity index (χ3n) is 2.88. The minimum atomic E-state index is -0.342. The van der Waals surface area contributed by atoms with Crippen molar-refractivity contribution in [2.45, 2.75) is 6.42 Å². The van der Waals surface area contributed by atoms with Crippen LogP contribution in [0.1, 0.15) is 11.1 Å². The minimum Gasteiger partial charge on any atom is -0.508 e. The monoisotopic (exact) mass is 272 g/mol. The predicted molar refractivity (Wildman–Crippen MR) is 72.3 cm³/mol. The van der Waals surface area contributed by atoms with E-state index in [9.17, 15) is 25.2 Å². The van der Waals surface area contributed by atoms with E-state index in [4.69, 9.17) is 0 Å². The fourth-order valence-electron chi connectivity index (χ4n) is 1.80. The number of hydrogen-bond donors (Lipinski definition) is 4. The number of benzene rings is 2. The fourth-order valence-corrected chi connectivity index (χ4v) is 1.80. The van der Waals surface area contributed by atoms with Gasteiger partial charge >= 0.3 is 0 Å². The van der Waals surface area contributed by atoms with E-state index in [0.717, 1.165) is 0 Å². The van der Waals surface area contributed by atoms with Gasteiger partial charge < -0.3 is 20.4 Å². The molecule has 0 aliphatic heterocycles. The van der Waals surface area contributed by atoms with Gasteiger partial charge in [0, 0.05) is 18.1 Å². The maximum absolute atomic E-state index is 11.0. The van der Waals surface area contributed by atoms with Crippen LogP contribution in [0.4, 0.5) is 0 Å². The van der Waals surface area contributed by atoms with E-state index in [2.05, 4.69) is 0 Å². The average Bonchev–Trinajstić information content (AvgIpc) is 2.41. The van der Waals surface area contributed by atoms with Gasteiger partial charge in [-0.2, -0.15) is 0 Å². The lowest BCUT2D eigenvalue weighted by atomic mass is 9.98. The summed E-state index contributed by atoms with van der Waals surface area (Å²) >= 11 is 0. The molecule has 0 aliphatic rings. The second kappa shape index (κ2) is 5.38. The van der Waals surface area contributed by atoms with Crippen LogP contribution in [0, 0.1) is 0 Å². The Kier molecular flexibility index (Phi) is 3.64. The van der Waals surface area contributed by atoms with E-state index in [0.29, 0.717) is 11.1 Å². The van der Waals surface area contributed by atoms with Gasteiger partial charge in [0.05, 0.1) is 0 Å². The molecule has 0 heterocycles. The summed E-state index contributed by atoms with van der Waals surface area (Å²) in [7, 11) is 0. The summed E-state index contributed by atoms with van der Waals surface area (Å²) in [6.07, 6.45) is 0.0832. The molecule has 0 unspecified atom stereocenters. The highest BCUT2D eigenvalue weighted by atomic mass is 16.3. The highest BCUT2D eigenvalue weighted by Gasteiger charge is 2.11. The van der Waals surface area contributed by atoms with Gasteiger partial charge in [0.25, 0.3) is 0 Å². The van der Waals surface area contributed by atoms with E-state index in [1.807, 2.05) is 0 Å². The van der Waals surface area contributed by atoms with Crippen molar-refractivity contribution < 1.29 is 25.2 Å². The van der Waals surface area contributed by atoms with Crippen LogP contribution in [0.25, 0.3) is 5.57 Å². The Labute approximate surface area is 114 Å². The number of phenols is 4. The van der Waals surface area contributed by atoms with Crippen LogP contribution in [0.15, 0.2) is 36.4 Å². The molecule has 5 heteroatoms. The van der Waals surface area contributed by atoms with Crippen molar-refractivity contribution in [3.8, 4) is 23.0 Å². The van der Waals surface area contributed by atoms with Crippen molar-refractivity contribution in [1.82, 2.24) is 0 Å². The van der Waals surface area contributed by atoms with Crippen LogP contribution < -0.4 is 0 Å². The van der Waals surface area contributed by atoms with Crippen molar-refractivity contribution in [3.63, 3.8) is 0 Å². The highest BCUT2D eigenvalue weighted by molar-refractivity contribution is 5.89. The Morgan fingerprint density at radius 3 is 2.25 bits per heavy atom. The maximum Gasteiger partial charge on any atom is 0.158 e. The van der Waals surface area contributed by atoms with E-state index in [1.165, 1.54) is 36.4 Å². The fraction of sp³-hybridized carbons (Fsp3) is 0.0667. The summed E-state index contributed by atoms with van der Waals surface area (Å²) in [5, 5.41) is 37.6. The number of carbonyl (C=O) groups excluding carboxylic acids is 1. The van der Waals surface area contributed by atoms with Crippen molar-refractivity contribution in [2.24, 2.45) is 0 Å². The zero-order chi connectivity index (χ0) is 14.7. The molecule has 0 amide bonds. The summed E-state index contributed by atoms with van der Waals surface area (Å²) in [6.45, 7) is 0. The normalized spacial score (nSPS) is 10.0. The first-order valence-electron chi connectivity index (χ1n) is 5.78. The van der Waals surface area contributed by atoms with Gasteiger partial charge in [-0.15, -0.1) is 0 Å². The Balaban J connectivity index is 2.34. The Morgan fingerprint density at radius 2 is 1.65 bits per heavy atom. The highest BCUT2D eigenvalue weighted by Crippen LogP contribution is 2.31. The van der Waals surface area contributed by atoms with E-state index < -0.39 is 0 Å². The average molecular weight is 272 g/mol. The van der Waals surface area contributed by atoms with Gasteiger partial charge in [-0.3, -0.25) is 0 Å². The maximum atomic E-state index is 11.0. The van der Waals surface area contributed by atoms with E-state index >= 15 is 0 Å². The van der Waals surface area contributed by atoms with Gasteiger partial charge in [0.1, 0.15) is 17.4 Å². The molecule has 5 nitrogen and oxygen atoms in total. The van der Waals surface area contributed by atoms with Crippen molar-refractivity contribution in [3.05, 3.63) is 47.5 Å². The van der Waals surface area contributed by atoms with Gasteiger partial charge in [-0.05, 0) is 29.3 Å². The first kappa shape index (κ1) is 13.5. The molecule has 102 valence electrons. The number of allylic oxidation sites excluding steroid dienone is 1. The van der Waals surface area contributed by atoms with Crippen LogP contribution in [-0.2, 0) is 11.2 Å². The van der Waals surface area contributed by atoms with Crippen LogP contribution in [0.2, 0.25) is 0 Å². The third kappa shape index (κ3) is 2.74. The van der Waals surface area contributed by atoms with Crippen molar-refractivity contribution in [1.29, 1.82) is 0 Å². The summed E-state index contributed by atoms with van der Waals surface area (Å²) in [5.74, 6) is 0.911. The van der Waals surface area contributed by atoms with Gasteiger partial charge in [0.2, 0.25) is 0 Å². The predicted octanol–water partition coefficient (Wildman–Crippen LogP) is 1.97. The number of hydrogen-bond acceptors (Lipinski definition) is 5. The van der Waals surface area contributed by atoms with Gasteiger partial charge in [-0.1, -0.05) is 12.1 Å². The lowest BCUT2D eigenvalue weighted by molar-refractivity contribution is 0.403. The lowest BCUT2D eigenvalue weighted by Crippen LogP contribution is -1.92. The molecule has 0 aliphatic carbocycles. The van der Waals surface area contributed by atoms with Gasteiger partial charge in [-0.25, -0.2) is 4.79 Å². The van der Waals surface area contributed by atoms with Crippen LogP contribution in [0.3, 0.4) is 0 Å². The number of phenolic OH excluding ortho intramolecular Hbond substituents is 4. The summed E-state index contributed by atoms with van der Waals surface area (Å²) in [5.41, 5.74) is 1.04. The molecule has 0 atom stereocenters. The topological polar surface area (TPSA) is 98.0 Å². The Bertz CT molecular complexity index is 699. The van der Waals surface area contributed by atoms with E-state index in [-0.39, 0.29) is 35.0 Å². The number of rotatable bonds is 3. The van der Waals surface area contributed by atoms with E-state index in [1.54, 1.807) is 5.94 Å². The van der Waals surface area contributed by atoms with Crippen LogP contribution in [-0.4, -0.2) is 26.4 Å². The zero-order valence-electron chi connectivity index (χ0n) is 10.4. The second-order valence-corrected chi connectivity index (χ2v) is 4.27. The molecular weight excluding hydrogens is 260 g/mol. The first-order valence-corrected chi connectivity index (χ1v) is 5.78. The van der Waals surface area contributed by atoms with Crippen molar-refractivity contribution in [2.75, 3.05) is 0 Å². The molecule has 0 aromatic heterocycles. The second-order valence-electron chi connectivity index (χ2n) is 4.27. The largest absolute Gasteiger partial charge is 0.508 e. The summed E-state index contributed by atoms with van der Waals surface area (Å²) < 4.78 is 0. The molecule has 0 saturated carbocycles. The molecule has 0 spiro atoms. The smallest absolute Gasteiger partial charge is 0.158 e. The zero-order valence-corrected chi connectivity index (χ0v) is 10.4. The van der Waals surface area contributed by atoms with Gasteiger partial charge in [0.15, 0.2) is 11.5 Å². The number of aromatic hydroxyl groups is 4. The first-order chi connectivity index (χ1) is 9.51. The minimum absolute atomic E-state index is 0.0786.